The Morgan fingerprint density at radius 3 is 2.78 bits per heavy atom. The molecule has 0 N–H and O–H groups in total. The van der Waals surface area contributed by atoms with Gasteiger partial charge in [0.15, 0.2) is 0 Å². The minimum absolute atomic E-state index is 0.525. The Balaban J connectivity index is 1.48. The first-order chi connectivity index (χ1) is 11.4. The SMILES string of the molecule is c1cc2c(-c3nnc(N4CCN5CCC4CC5)o3)ccc-2co1. The molecular formula is C17H18N4O2. The van der Waals surface area contributed by atoms with E-state index in [0.717, 1.165) is 29.8 Å². The molecule has 118 valence electrons. The Hall–Kier alpha value is -2.34. The summed E-state index contributed by atoms with van der Waals surface area (Å²) in [5, 5.41) is 8.62. The molecule has 0 aromatic carbocycles. The van der Waals surface area contributed by atoms with Gasteiger partial charge in [0.05, 0.1) is 12.5 Å². The summed E-state index contributed by atoms with van der Waals surface area (Å²) in [5.74, 6) is 0.584. The topological polar surface area (TPSA) is 58.5 Å². The summed E-state index contributed by atoms with van der Waals surface area (Å²) in [6, 6.07) is 7.15. The van der Waals surface area contributed by atoms with Crippen molar-refractivity contribution in [2.45, 2.75) is 18.9 Å². The molecule has 0 atom stereocenters. The molecular weight excluding hydrogens is 292 g/mol. The maximum absolute atomic E-state index is 6.04. The molecule has 6 heteroatoms. The van der Waals surface area contributed by atoms with E-state index in [4.69, 9.17) is 8.83 Å². The van der Waals surface area contributed by atoms with Crippen molar-refractivity contribution in [2.75, 3.05) is 31.1 Å². The summed E-state index contributed by atoms with van der Waals surface area (Å²) in [7, 11) is 0. The fourth-order valence-electron chi connectivity index (χ4n) is 3.78. The second-order valence-corrected chi connectivity index (χ2v) is 6.33. The van der Waals surface area contributed by atoms with Gasteiger partial charge in [-0.1, -0.05) is 11.2 Å². The van der Waals surface area contributed by atoms with Crippen molar-refractivity contribution in [3.63, 3.8) is 0 Å². The summed E-state index contributed by atoms with van der Waals surface area (Å²) in [6.07, 6.45) is 5.76. The predicted molar refractivity (Wildman–Crippen MR) is 85.4 cm³/mol. The maximum Gasteiger partial charge on any atom is 0.318 e. The Morgan fingerprint density at radius 1 is 0.957 bits per heavy atom. The van der Waals surface area contributed by atoms with Crippen LogP contribution in [0.4, 0.5) is 6.01 Å². The lowest BCUT2D eigenvalue weighted by Gasteiger charge is -2.29. The molecule has 6 rings (SSSR count). The van der Waals surface area contributed by atoms with E-state index >= 15 is 0 Å². The summed E-state index contributed by atoms with van der Waals surface area (Å²) in [5.41, 5.74) is 3.09. The normalized spacial score (nSPS) is 24.3. The molecule has 3 saturated heterocycles. The van der Waals surface area contributed by atoms with E-state index in [9.17, 15) is 0 Å². The van der Waals surface area contributed by atoms with Crippen molar-refractivity contribution >= 4 is 6.01 Å². The maximum atomic E-state index is 6.04. The monoisotopic (exact) mass is 310 g/mol. The number of rotatable bonds is 2. The van der Waals surface area contributed by atoms with Gasteiger partial charge in [-0.2, -0.15) is 0 Å². The van der Waals surface area contributed by atoms with Crippen molar-refractivity contribution in [3.8, 4) is 22.6 Å². The van der Waals surface area contributed by atoms with Crippen LogP contribution >= 0.6 is 0 Å². The van der Waals surface area contributed by atoms with Gasteiger partial charge in [-0.05, 0) is 25.0 Å². The zero-order valence-electron chi connectivity index (χ0n) is 12.8. The first-order valence-corrected chi connectivity index (χ1v) is 8.16. The second-order valence-electron chi connectivity index (χ2n) is 6.33. The molecule has 4 aliphatic heterocycles. The highest BCUT2D eigenvalue weighted by Gasteiger charge is 2.32. The van der Waals surface area contributed by atoms with Crippen molar-refractivity contribution in [1.82, 2.24) is 15.1 Å². The number of aromatic nitrogens is 2. The summed E-state index contributed by atoms with van der Waals surface area (Å²) in [4.78, 5) is 4.81. The minimum Gasteiger partial charge on any atom is -0.472 e. The number of fused-ring (bicyclic) bond motifs is 5. The van der Waals surface area contributed by atoms with Crippen molar-refractivity contribution in [2.24, 2.45) is 0 Å². The van der Waals surface area contributed by atoms with E-state index in [2.05, 4.69) is 20.0 Å². The fraction of sp³-hybridized carbons (Fsp3) is 0.412. The van der Waals surface area contributed by atoms with Crippen LogP contribution in [0.15, 0.2) is 39.6 Å². The standard InChI is InChI=1S/C17H18N4O2/c1-2-15(14-5-10-22-11-12(1)14)16-18-19-17(23-16)21-9-8-20-6-3-13(21)4-7-20/h1-2,5,10-11,13H,3-4,6-9H2. The van der Waals surface area contributed by atoms with Gasteiger partial charge in [0.1, 0.15) is 0 Å². The lowest BCUT2D eigenvalue weighted by atomic mass is 10.1. The van der Waals surface area contributed by atoms with Crippen molar-refractivity contribution in [1.29, 1.82) is 0 Å². The summed E-state index contributed by atoms with van der Waals surface area (Å²) < 4.78 is 11.2. The van der Waals surface area contributed by atoms with Crippen LogP contribution in [0.3, 0.4) is 0 Å². The van der Waals surface area contributed by atoms with Crippen LogP contribution in [0.5, 0.6) is 0 Å². The third-order valence-electron chi connectivity index (χ3n) is 5.08. The minimum atomic E-state index is 0.525. The molecule has 0 spiro atoms. The molecule has 0 saturated carbocycles. The molecule has 6 nitrogen and oxygen atoms in total. The molecule has 0 unspecified atom stereocenters. The Kier molecular flexibility index (Phi) is 2.91. The summed E-state index contributed by atoms with van der Waals surface area (Å²) >= 11 is 0. The Labute approximate surface area is 134 Å². The highest BCUT2D eigenvalue weighted by molar-refractivity contribution is 5.82. The number of hydrogen-bond donors (Lipinski definition) is 0. The first kappa shape index (κ1) is 13.1. The highest BCUT2D eigenvalue weighted by atomic mass is 16.4. The molecule has 1 aliphatic carbocycles. The third-order valence-corrected chi connectivity index (χ3v) is 5.08. The molecule has 2 bridgehead atoms. The van der Waals surface area contributed by atoms with E-state index < -0.39 is 0 Å². The quantitative estimate of drug-likeness (QED) is 0.725. The van der Waals surface area contributed by atoms with Crippen LogP contribution in [0.1, 0.15) is 12.8 Å². The fourth-order valence-corrected chi connectivity index (χ4v) is 3.78. The first-order valence-electron chi connectivity index (χ1n) is 8.16. The van der Waals surface area contributed by atoms with E-state index in [0.29, 0.717) is 17.9 Å². The molecule has 0 amide bonds. The average Bonchev–Trinajstić information content (AvgIpc) is 3.13. The molecule has 1 aromatic heterocycles. The average molecular weight is 310 g/mol. The zero-order valence-corrected chi connectivity index (χ0v) is 12.8. The van der Waals surface area contributed by atoms with E-state index in [1.165, 1.54) is 25.9 Å². The highest BCUT2D eigenvalue weighted by Crippen LogP contribution is 2.36. The van der Waals surface area contributed by atoms with Gasteiger partial charge in [-0.25, -0.2) is 0 Å². The number of anilines is 1. The summed E-state index contributed by atoms with van der Waals surface area (Å²) in [6.45, 7) is 4.40. The van der Waals surface area contributed by atoms with Gasteiger partial charge < -0.3 is 18.6 Å². The van der Waals surface area contributed by atoms with Gasteiger partial charge >= 0.3 is 6.01 Å². The van der Waals surface area contributed by atoms with Crippen LogP contribution in [-0.2, 0) is 0 Å². The molecule has 5 aliphatic rings. The van der Waals surface area contributed by atoms with Gasteiger partial charge in [0, 0.05) is 48.9 Å². The van der Waals surface area contributed by atoms with Crippen LogP contribution in [0.2, 0.25) is 0 Å². The van der Waals surface area contributed by atoms with Gasteiger partial charge in [-0.3, -0.25) is 0 Å². The van der Waals surface area contributed by atoms with Crippen molar-refractivity contribution in [3.05, 3.63) is 30.7 Å². The predicted octanol–water partition coefficient (Wildman–Crippen LogP) is 2.72. The smallest absolute Gasteiger partial charge is 0.318 e. The third kappa shape index (κ3) is 2.13. The van der Waals surface area contributed by atoms with Gasteiger partial charge in [-0.15, -0.1) is 5.10 Å². The van der Waals surface area contributed by atoms with Crippen LogP contribution in [0.25, 0.3) is 22.6 Å². The Morgan fingerprint density at radius 2 is 1.87 bits per heavy atom. The number of nitrogens with zero attached hydrogens (tertiary/aromatic N) is 4. The van der Waals surface area contributed by atoms with Gasteiger partial charge in [0.25, 0.3) is 0 Å². The van der Waals surface area contributed by atoms with Crippen LogP contribution in [0, 0.1) is 0 Å². The lowest BCUT2D eigenvalue weighted by Crippen LogP contribution is -2.38. The lowest BCUT2D eigenvalue weighted by molar-refractivity contribution is 0.249. The second kappa shape index (κ2) is 5.09. The molecule has 3 fully saturated rings. The molecule has 1 aromatic rings. The van der Waals surface area contributed by atoms with E-state index in [-0.39, 0.29) is 0 Å². The van der Waals surface area contributed by atoms with Crippen molar-refractivity contribution < 1.29 is 8.83 Å². The van der Waals surface area contributed by atoms with E-state index in [1.807, 2.05) is 18.2 Å². The molecule has 0 radical (unpaired) electrons. The molecule has 5 heterocycles. The number of piperidine rings is 1. The van der Waals surface area contributed by atoms with E-state index in [1.54, 1.807) is 12.5 Å². The Bertz CT molecular complexity index is 787. The molecule has 23 heavy (non-hydrogen) atoms. The van der Waals surface area contributed by atoms with Crippen LogP contribution in [-0.4, -0.2) is 47.3 Å². The zero-order chi connectivity index (χ0) is 15.2. The largest absolute Gasteiger partial charge is 0.472 e. The number of hydrogen-bond acceptors (Lipinski definition) is 6. The van der Waals surface area contributed by atoms with Gasteiger partial charge in [0.2, 0.25) is 5.89 Å². The van der Waals surface area contributed by atoms with Crippen LogP contribution < -0.4 is 4.90 Å².